The minimum Gasteiger partial charge on any atom is -0.497 e. The van der Waals surface area contributed by atoms with Crippen molar-refractivity contribution >= 4 is 5.97 Å². The third-order valence-corrected chi connectivity index (χ3v) is 3.32. The number of ether oxygens (including phenoxy) is 2. The Morgan fingerprint density at radius 3 is 3.00 bits per heavy atom. The lowest BCUT2D eigenvalue weighted by molar-refractivity contribution is -0.157. The van der Waals surface area contributed by atoms with Gasteiger partial charge in [0, 0.05) is 0 Å². The average Bonchev–Trinajstić information content (AvgIpc) is 2.42. The number of hydrogen-bond acceptors (Lipinski definition) is 4. The van der Waals surface area contributed by atoms with Crippen LogP contribution in [0, 0.1) is 0 Å². The Kier molecular flexibility index (Phi) is 3.87. The Labute approximate surface area is 107 Å². The number of likely N-dealkylation sites (N-methyl/N-ethyl adjacent to an activating group) is 1. The van der Waals surface area contributed by atoms with Crippen LogP contribution in [0.25, 0.3) is 0 Å². The molecular formula is C14H19NO3. The summed E-state index contributed by atoms with van der Waals surface area (Å²) in [5.74, 6) is 0.562. The number of benzene rings is 1. The molecule has 18 heavy (non-hydrogen) atoms. The van der Waals surface area contributed by atoms with Crippen molar-refractivity contribution < 1.29 is 14.3 Å². The molecule has 0 radical (unpaired) electrons. The normalized spacial score (nSPS) is 23.6. The van der Waals surface area contributed by atoms with E-state index >= 15 is 0 Å². The van der Waals surface area contributed by atoms with Crippen LogP contribution < -0.4 is 10.1 Å². The van der Waals surface area contributed by atoms with E-state index in [1.54, 1.807) is 7.11 Å². The van der Waals surface area contributed by atoms with E-state index in [-0.39, 0.29) is 5.97 Å². The first-order valence-electron chi connectivity index (χ1n) is 6.29. The van der Waals surface area contributed by atoms with Crippen LogP contribution in [-0.4, -0.2) is 26.2 Å². The maximum atomic E-state index is 12.2. The highest BCUT2D eigenvalue weighted by molar-refractivity contribution is 5.83. The molecule has 0 aromatic heterocycles. The summed E-state index contributed by atoms with van der Waals surface area (Å²) in [6.45, 7) is 3.21. The van der Waals surface area contributed by atoms with Gasteiger partial charge in [0.05, 0.1) is 13.7 Å². The first-order valence-corrected chi connectivity index (χ1v) is 6.29. The van der Waals surface area contributed by atoms with Gasteiger partial charge in [0.15, 0.2) is 0 Å². The SMILES string of the molecule is CCN[C@@]1(c2cccc(OC)c2)CCCOC1=O. The summed E-state index contributed by atoms with van der Waals surface area (Å²) in [6, 6.07) is 7.61. The lowest BCUT2D eigenvalue weighted by atomic mass is 9.84. The molecular weight excluding hydrogens is 230 g/mol. The second-order valence-corrected chi connectivity index (χ2v) is 4.41. The smallest absolute Gasteiger partial charge is 0.331 e. The molecule has 1 N–H and O–H groups in total. The molecule has 1 atom stereocenters. The van der Waals surface area contributed by atoms with Crippen molar-refractivity contribution in [2.24, 2.45) is 0 Å². The molecule has 0 unspecified atom stereocenters. The molecule has 0 bridgehead atoms. The number of hydrogen-bond donors (Lipinski definition) is 1. The van der Waals surface area contributed by atoms with Crippen LogP contribution in [0.1, 0.15) is 25.3 Å². The van der Waals surface area contributed by atoms with Crippen LogP contribution in [0.2, 0.25) is 0 Å². The quantitative estimate of drug-likeness (QED) is 0.827. The largest absolute Gasteiger partial charge is 0.497 e. The topological polar surface area (TPSA) is 47.6 Å². The molecule has 1 aromatic rings. The zero-order valence-corrected chi connectivity index (χ0v) is 10.9. The van der Waals surface area contributed by atoms with Gasteiger partial charge in [0.2, 0.25) is 0 Å². The van der Waals surface area contributed by atoms with Gasteiger partial charge in [-0.3, -0.25) is 5.32 Å². The molecule has 1 aromatic carbocycles. The van der Waals surface area contributed by atoms with Gasteiger partial charge in [-0.2, -0.15) is 0 Å². The van der Waals surface area contributed by atoms with E-state index in [4.69, 9.17) is 9.47 Å². The van der Waals surface area contributed by atoms with E-state index < -0.39 is 5.54 Å². The van der Waals surface area contributed by atoms with Crippen molar-refractivity contribution in [2.45, 2.75) is 25.3 Å². The van der Waals surface area contributed by atoms with Crippen LogP contribution in [-0.2, 0) is 15.1 Å². The molecule has 1 saturated heterocycles. The number of methoxy groups -OCH3 is 1. The zero-order chi connectivity index (χ0) is 13.0. The van der Waals surface area contributed by atoms with Crippen molar-refractivity contribution in [3.8, 4) is 5.75 Å². The summed E-state index contributed by atoms with van der Waals surface area (Å²) in [6.07, 6.45) is 1.63. The minimum absolute atomic E-state index is 0.191. The van der Waals surface area contributed by atoms with Gasteiger partial charge >= 0.3 is 5.97 Å². The lowest BCUT2D eigenvalue weighted by Gasteiger charge is -2.36. The second kappa shape index (κ2) is 5.40. The fraction of sp³-hybridized carbons (Fsp3) is 0.500. The number of rotatable bonds is 4. The Bertz CT molecular complexity index is 429. The number of carbonyl (C=O) groups excluding carboxylic acids is 1. The number of carbonyl (C=O) groups is 1. The minimum atomic E-state index is -0.721. The van der Waals surface area contributed by atoms with E-state index in [1.165, 1.54) is 0 Å². The fourth-order valence-electron chi connectivity index (χ4n) is 2.44. The number of nitrogens with one attached hydrogen (secondary N) is 1. The third-order valence-electron chi connectivity index (χ3n) is 3.32. The third kappa shape index (κ3) is 2.20. The van der Waals surface area contributed by atoms with E-state index in [0.717, 1.165) is 24.2 Å². The molecule has 0 spiro atoms. The van der Waals surface area contributed by atoms with Crippen LogP contribution in [0.3, 0.4) is 0 Å². The summed E-state index contributed by atoms with van der Waals surface area (Å²) >= 11 is 0. The van der Waals surface area contributed by atoms with Crippen molar-refractivity contribution in [1.29, 1.82) is 0 Å². The Balaban J connectivity index is 2.41. The maximum absolute atomic E-state index is 12.2. The van der Waals surface area contributed by atoms with Gasteiger partial charge in [0.1, 0.15) is 11.3 Å². The van der Waals surface area contributed by atoms with Gasteiger partial charge in [0.25, 0.3) is 0 Å². The van der Waals surface area contributed by atoms with E-state index in [2.05, 4.69) is 5.32 Å². The monoisotopic (exact) mass is 249 g/mol. The number of esters is 1. The van der Waals surface area contributed by atoms with Crippen LogP contribution in [0.4, 0.5) is 0 Å². The molecule has 4 heteroatoms. The van der Waals surface area contributed by atoms with E-state index in [0.29, 0.717) is 13.2 Å². The van der Waals surface area contributed by atoms with Gasteiger partial charge in [-0.1, -0.05) is 19.1 Å². The first kappa shape index (κ1) is 12.9. The highest BCUT2D eigenvalue weighted by Crippen LogP contribution is 2.33. The predicted octanol–water partition coefficient (Wildman–Crippen LogP) is 1.84. The van der Waals surface area contributed by atoms with Gasteiger partial charge in [-0.25, -0.2) is 4.79 Å². The predicted molar refractivity (Wildman–Crippen MR) is 68.5 cm³/mol. The molecule has 0 aliphatic carbocycles. The molecule has 2 rings (SSSR count). The van der Waals surface area contributed by atoms with Crippen LogP contribution >= 0.6 is 0 Å². The summed E-state index contributed by atoms with van der Waals surface area (Å²) < 4.78 is 10.5. The first-order chi connectivity index (χ1) is 8.73. The molecule has 1 aliphatic heterocycles. The Morgan fingerprint density at radius 1 is 1.50 bits per heavy atom. The van der Waals surface area contributed by atoms with Crippen molar-refractivity contribution in [3.05, 3.63) is 29.8 Å². The summed E-state index contributed by atoms with van der Waals surface area (Å²) in [5.41, 5.74) is 0.190. The van der Waals surface area contributed by atoms with Gasteiger partial charge in [-0.05, 0) is 37.1 Å². The standard InChI is InChI=1S/C14H19NO3/c1-3-15-14(8-5-9-18-13(14)16)11-6-4-7-12(10-11)17-2/h4,6-7,10,15H,3,5,8-9H2,1-2H3/t14-/m1/s1. The van der Waals surface area contributed by atoms with Crippen LogP contribution in [0.15, 0.2) is 24.3 Å². The second-order valence-electron chi connectivity index (χ2n) is 4.41. The van der Waals surface area contributed by atoms with Gasteiger partial charge in [-0.15, -0.1) is 0 Å². The highest BCUT2D eigenvalue weighted by atomic mass is 16.5. The number of cyclic esters (lactones) is 1. The Hall–Kier alpha value is -1.55. The molecule has 1 heterocycles. The van der Waals surface area contributed by atoms with E-state index in [1.807, 2.05) is 31.2 Å². The summed E-state index contributed by atoms with van der Waals surface area (Å²) in [4.78, 5) is 12.2. The van der Waals surface area contributed by atoms with Crippen molar-refractivity contribution in [1.82, 2.24) is 5.32 Å². The van der Waals surface area contributed by atoms with Crippen molar-refractivity contribution in [3.63, 3.8) is 0 Å². The molecule has 1 fully saturated rings. The molecule has 4 nitrogen and oxygen atoms in total. The highest BCUT2D eigenvalue weighted by Gasteiger charge is 2.43. The van der Waals surface area contributed by atoms with Crippen LogP contribution in [0.5, 0.6) is 5.75 Å². The maximum Gasteiger partial charge on any atom is 0.331 e. The molecule has 0 amide bonds. The summed E-state index contributed by atoms with van der Waals surface area (Å²) in [5, 5.41) is 3.29. The average molecular weight is 249 g/mol. The van der Waals surface area contributed by atoms with E-state index in [9.17, 15) is 4.79 Å². The Morgan fingerprint density at radius 2 is 2.33 bits per heavy atom. The van der Waals surface area contributed by atoms with Gasteiger partial charge < -0.3 is 9.47 Å². The fourth-order valence-corrected chi connectivity index (χ4v) is 2.44. The molecule has 1 aliphatic rings. The zero-order valence-electron chi connectivity index (χ0n) is 10.9. The van der Waals surface area contributed by atoms with Crippen molar-refractivity contribution in [2.75, 3.05) is 20.3 Å². The lowest BCUT2D eigenvalue weighted by Crippen LogP contribution is -2.52. The molecule has 98 valence electrons. The summed E-state index contributed by atoms with van der Waals surface area (Å²) in [7, 11) is 1.62. The molecule has 0 saturated carbocycles.